The normalized spacial score (nSPS) is 21.2. The molecule has 0 spiro atoms. The van der Waals surface area contributed by atoms with Crippen molar-refractivity contribution >= 4 is 17.7 Å². The second-order valence-corrected chi connectivity index (χ2v) is 8.34. The average molecular weight is 470 g/mol. The molecule has 8 nitrogen and oxygen atoms in total. The van der Waals surface area contributed by atoms with Crippen molar-refractivity contribution in [3.05, 3.63) is 29.7 Å². The topological polar surface area (TPSA) is 105 Å². The number of hydrogen-bond donors (Lipinski definition) is 2. The van der Waals surface area contributed by atoms with Crippen molar-refractivity contribution in [1.82, 2.24) is 14.9 Å². The Balaban J connectivity index is 0.000000383. The number of amides is 1. The van der Waals surface area contributed by atoms with Crippen LogP contribution in [0.1, 0.15) is 63.2 Å². The molecule has 182 valence electrons. The van der Waals surface area contributed by atoms with Gasteiger partial charge in [-0.2, -0.15) is 13.2 Å². The Morgan fingerprint density at radius 1 is 1.24 bits per heavy atom. The SMILES string of the molecule is O=C(CC1=CCCCC1)N1CCOCC1c1nccc(NC2CCC2)n1.O=C(O)C(F)(F)F. The third-order valence-electron chi connectivity index (χ3n) is 5.88. The molecule has 0 radical (unpaired) electrons. The van der Waals surface area contributed by atoms with Crippen molar-refractivity contribution in [3.63, 3.8) is 0 Å². The third kappa shape index (κ3) is 7.41. The molecule has 1 atom stereocenters. The number of aliphatic carboxylic acids is 1. The van der Waals surface area contributed by atoms with Gasteiger partial charge in [0.15, 0.2) is 5.82 Å². The van der Waals surface area contributed by atoms with Crippen molar-refractivity contribution in [2.75, 3.05) is 25.1 Å². The Labute approximate surface area is 190 Å². The zero-order chi connectivity index (χ0) is 23.8. The molecule has 0 aromatic carbocycles. The van der Waals surface area contributed by atoms with Gasteiger partial charge in [0.25, 0.3) is 0 Å². The first kappa shape index (κ1) is 24.9. The van der Waals surface area contributed by atoms with E-state index in [1.54, 1.807) is 6.20 Å². The first-order valence-electron chi connectivity index (χ1n) is 11.2. The standard InChI is InChI=1S/C20H28N4O2.C2HF3O2/c25-19(13-15-5-2-1-3-6-15)24-11-12-26-14-17(24)20-21-10-9-18(23-20)22-16-7-4-8-16;3-2(4,5)1(6)7/h5,9-10,16-17H,1-4,6-8,11-14H2,(H,21,22,23);(H,6,7). The summed E-state index contributed by atoms with van der Waals surface area (Å²) < 4.78 is 37.4. The number of anilines is 1. The maximum Gasteiger partial charge on any atom is 0.490 e. The van der Waals surface area contributed by atoms with Crippen molar-refractivity contribution in [2.45, 2.75) is 69.6 Å². The van der Waals surface area contributed by atoms with Crippen LogP contribution in [0.3, 0.4) is 0 Å². The Hall–Kier alpha value is -2.69. The number of aromatic nitrogens is 2. The van der Waals surface area contributed by atoms with E-state index in [-0.39, 0.29) is 11.9 Å². The average Bonchev–Trinajstić information content (AvgIpc) is 2.77. The molecule has 0 bridgehead atoms. The maximum absolute atomic E-state index is 12.9. The molecular weight excluding hydrogens is 441 g/mol. The molecular formula is C22H29F3N4O4. The number of alkyl halides is 3. The van der Waals surface area contributed by atoms with Crippen LogP contribution in [-0.4, -0.2) is 63.8 Å². The number of morpholine rings is 1. The summed E-state index contributed by atoms with van der Waals surface area (Å²) in [6, 6.07) is 2.24. The van der Waals surface area contributed by atoms with Crippen LogP contribution in [0.2, 0.25) is 0 Å². The zero-order valence-corrected chi connectivity index (χ0v) is 18.3. The Morgan fingerprint density at radius 3 is 2.61 bits per heavy atom. The molecule has 11 heteroatoms. The molecule has 2 N–H and O–H groups in total. The molecule has 33 heavy (non-hydrogen) atoms. The van der Waals surface area contributed by atoms with E-state index in [2.05, 4.69) is 21.4 Å². The Bertz CT molecular complexity index is 858. The second-order valence-electron chi connectivity index (χ2n) is 8.34. The molecule has 1 saturated heterocycles. The van der Waals surface area contributed by atoms with Gasteiger partial charge >= 0.3 is 12.1 Å². The molecule has 2 aliphatic carbocycles. The van der Waals surface area contributed by atoms with Crippen LogP contribution in [0.4, 0.5) is 19.0 Å². The highest BCUT2D eigenvalue weighted by molar-refractivity contribution is 5.79. The first-order valence-corrected chi connectivity index (χ1v) is 11.2. The van der Waals surface area contributed by atoms with E-state index in [1.807, 2.05) is 11.0 Å². The fraction of sp³-hybridized carbons (Fsp3) is 0.636. The Kier molecular flexibility index (Phi) is 8.65. The van der Waals surface area contributed by atoms with Gasteiger partial charge in [-0.25, -0.2) is 14.8 Å². The number of halogens is 3. The number of allylic oxidation sites excluding steroid dienone is 1. The summed E-state index contributed by atoms with van der Waals surface area (Å²) in [5.74, 6) is -1.05. The fourth-order valence-corrected chi connectivity index (χ4v) is 3.85. The summed E-state index contributed by atoms with van der Waals surface area (Å²) in [4.78, 5) is 32.9. The number of rotatable bonds is 5. The van der Waals surface area contributed by atoms with Crippen LogP contribution in [-0.2, 0) is 14.3 Å². The number of carboxylic acid groups (broad SMARTS) is 1. The number of carbonyl (C=O) groups excluding carboxylic acids is 1. The van der Waals surface area contributed by atoms with Crippen molar-refractivity contribution in [3.8, 4) is 0 Å². The largest absolute Gasteiger partial charge is 0.490 e. The molecule has 1 unspecified atom stereocenters. The van der Waals surface area contributed by atoms with Gasteiger partial charge in [0.2, 0.25) is 5.91 Å². The van der Waals surface area contributed by atoms with E-state index in [0.717, 1.165) is 18.7 Å². The van der Waals surface area contributed by atoms with Crippen molar-refractivity contribution in [2.24, 2.45) is 0 Å². The molecule has 4 rings (SSSR count). The van der Waals surface area contributed by atoms with E-state index in [0.29, 0.717) is 38.0 Å². The Morgan fingerprint density at radius 2 is 2.00 bits per heavy atom. The minimum absolute atomic E-state index is 0.174. The molecule has 3 aliphatic rings. The molecule has 1 amide bonds. The van der Waals surface area contributed by atoms with Crippen LogP contribution < -0.4 is 5.32 Å². The molecule has 1 aliphatic heterocycles. The highest BCUT2D eigenvalue weighted by atomic mass is 19.4. The summed E-state index contributed by atoms with van der Waals surface area (Å²) in [5, 5.41) is 10.6. The number of nitrogens with one attached hydrogen (secondary N) is 1. The van der Waals surface area contributed by atoms with E-state index in [9.17, 15) is 18.0 Å². The quantitative estimate of drug-likeness (QED) is 0.630. The third-order valence-corrected chi connectivity index (χ3v) is 5.88. The van der Waals surface area contributed by atoms with Crippen LogP contribution in [0, 0.1) is 0 Å². The molecule has 1 saturated carbocycles. The summed E-state index contributed by atoms with van der Waals surface area (Å²) in [5.41, 5.74) is 1.29. The van der Waals surface area contributed by atoms with Gasteiger partial charge in [0.05, 0.1) is 13.2 Å². The summed E-state index contributed by atoms with van der Waals surface area (Å²) >= 11 is 0. The lowest BCUT2D eigenvalue weighted by Crippen LogP contribution is -2.44. The number of nitrogens with zero attached hydrogens (tertiary/aromatic N) is 3. The molecule has 1 aromatic heterocycles. The summed E-state index contributed by atoms with van der Waals surface area (Å²) in [6.07, 6.45) is 7.75. The highest BCUT2D eigenvalue weighted by Gasteiger charge is 2.38. The van der Waals surface area contributed by atoms with Gasteiger partial charge in [-0.15, -0.1) is 0 Å². The molecule has 1 aromatic rings. The van der Waals surface area contributed by atoms with Crippen LogP contribution in [0.15, 0.2) is 23.9 Å². The van der Waals surface area contributed by atoms with Gasteiger partial charge in [-0.05, 0) is 51.0 Å². The van der Waals surface area contributed by atoms with Crippen molar-refractivity contribution in [1.29, 1.82) is 0 Å². The predicted octanol–water partition coefficient (Wildman–Crippen LogP) is 3.86. The van der Waals surface area contributed by atoms with E-state index in [1.165, 1.54) is 37.7 Å². The molecule has 2 fully saturated rings. The molecule has 2 heterocycles. The van der Waals surface area contributed by atoms with Crippen LogP contribution in [0.5, 0.6) is 0 Å². The monoisotopic (exact) mass is 470 g/mol. The van der Waals surface area contributed by atoms with E-state index >= 15 is 0 Å². The number of carbonyl (C=O) groups is 2. The van der Waals surface area contributed by atoms with Gasteiger partial charge < -0.3 is 20.1 Å². The van der Waals surface area contributed by atoms with Gasteiger partial charge in [-0.3, -0.25) is 4.79 Å². The summed E-state index contributed by atoms with van der Waals surface area (Å²) in [7, 11) is 0. The van der Waals surface area contributed by atoms with Gasteiger partial charge in [0, 0.05) is 25.2 Å². The first-order chi connectivity index (χ1) is 15.7. The zero-order valence-electron chi connectivity index (χ0n) is 18.3. The number of ether oxygens (including phenoxy) is 1. The number of carboxylic acids is 1. The van der Waals surface area contributed by atoms with Crippen LogP contribution in [0.25, 0.3) is 0 Å². The number of hydrogen-bond acceptors (Lipinski definition) is 6. The van der Waals surface area contributed by atoms with Gasteiger partial charge in [-0.1, -0.05) is 11.6 Å². The minimum atomic E-state index is -5.08. The minimum Gasteiger partial charge on any atom is -0.475 e. The van der Waals surface area contributed by atoms with E-state index < -0.39 is 12.1 Å². The lowest BCUT2D eigenvalue weighted by Gasteiger charge is -2.35. The fourth-order valence-electron chi connectivity index (χ4n) is 3.85. The second kappa shape index (κ2) is 11.4. The maximum atomic E-state index is 12.9. The predicted molar refractivity (Wildman–Crippen MR) is 113 cm³/mol. The van der Waals surface area contributed by atoms with Gasteiger partial charge in [0.1, 0.15) is 11.9 Å². The van der Waals surface area contributed by atoms with Crippen molar-refractivity contribution < 1.29 is 32.6 Å². The summed E-state index contributed by atoms with van der Waals surface area (Å²) in [6.45, 7) is 1.67. The lowest BCUT2D eigenvalue weighted by atomic mass is 9.93. The van der Waals surface area contributed by atoms with Crippen LogP contribution >= 0.6 is 0 Å². The lowest BCUT2D eigenvalue weighted by molar-refractivity contribution is -0.192. The highest BCUT2D eigenvalue weighted by Crippen LogP contribution is 2.27. The smallest absolute Gasteiger partial charge is 0.475 e. The van der Waals surface area contributed by atoms with E-state index in [4.69, 9.17) is 14.6 Å².